The van der Waals surface area contributed by atoms with Gasteiger partial charge in [-0.05, 0) is 24.6 Å². The lowest BCUT2D eigenvalue weighted by Gasteiger charge is -2.01. The van der Waals surface area contributed by atoms with E-state index < -0.39 is 0 Å². The van der Waals surface area contributed by atoms with E-state index in [1.807, 2.05) is 31.3 Å². The van der Waals surface area contributed by atoms with Crippen molar-refractivity contribution in [3.05, 3.63) is 47.5 Å². The summed E-state index contributed by atoms with van der Waals surface area (Å²) in [5, 5.41) is 4.34. The second kappa shape index (κ2) is 5.58. The van der Waals surface area contributed by atoms with Crippen molar-refractivity contribution in [3.8, 4) is 0 Å². The monoisotopic (exact) mass is 243 g/mol. The molecule has 0 aliphatic carbocycles. The van der Waals surface area contributed by atoms with Crippen LogP contribution in [-0.4, -0.2) is 20.5 Å². The van der Waals surface area contributed by atoms with Crippen LogP contribution in [0.1, 0.15) is 24.0 Å². The summed E-state index contributed by atoms with van der Waals surface area (Å²) in [5.74, 6) is 0.166. The molecule has 0 atom stereocenters. The third-order valence-corrected chi connectivity index (χ3v) is 2.87. The third-order valence-electron chi connectivity index (χ3n) is 2.87. The van der Waals surface area contributed by atoms with Crippen LogP contribution >= 0.6 is 0 Å². The Morgan fingerprint density at radius 2 is 2.11 bits per heavy atom. The number of hydrogen-bond acceptors (Lipinski definition) is 3. The highest BCUT2D eigenvalue weighted by Crippen LogP contribution is 2.07. The van der Waals surface area contributed by atoms with Gasteiger partial charge in [-0.3, -0.25) is 14.5 Å². The predicted octanol–water partition coefficient (Wildman–Crippen LogP) is 1.73. The van der Waals surface area contributed by atoms with E-state index in [2.05, 4.69) is 17.0 Å². The first kappa shape index (κ1) is 12.5. The number of ketones is 1. The largest absolute Gasteiger partial charge is 0.299 e. The molecule has 4 heteroatoms. The summed E-state index contributed by atoms with van der Waals surface area (Å²) in [6, 6.07) is 7.62. The van der Waals surface area contributed by atoms with E-state index in [9.17, 15) is 4.79 Å². The molecule has 0 saturated heterocycles. The van der Waals surface area contributed by atoms with Crippen molar-refractivity contribution < 1.29 is 4.79 Å². The Labute approximate surface area is 107 Å². The molecule has 94 valence electrons. The molecular weight excluding hydrogens is 226 g/mol. The Morgan fingerprint density at radius 3 is 2.72 bits per heavy atom. The van der Waals surface area contributed by atoms with Crippen LogP contribution < -0.4 is 0 Å². The lowest BCUT2D eigenvalue weighted by Crippen LogP contribution is -2.10. The van der Waals surface area contributed by atoms with Crippen molar-refractivity contribution in [1.82, 2.24) is 14.8 Å². The molecule has 2 heterocycles. The molecular formula is C14H17N3O. The molecule has 0 radical (unpaired) electrons. The Kier molecular flexibility index (Phi) is 3.87. The van der Waals surface area contributed by atoms with Crippen molar-refractivity contribution in [2.75, 3.05) is 0 Å². The summed E-state index contributed by atoms with van der Waals surface area (Å²) < 4.78 is 1.79. The lowest BCUT2D eigenvalue weighted by atomic mass is 10.1. The summed E-state index contributed by atoms with van der Waals surface area (Å²) in [5.41, 5.74) is 2.81. The number of carbonyl (C=O) groups excluding carboxylic acids is 1. The van der Waals surface area contributed by atoms with Gasteiger partial charge in [0.15, 0.2) is 0 Å². The van der Waals surface area contributed by atoms with Crippen molar-refractivity contribution >= 4 is 5.78 Å². The number of hydrogen-bond donors (Lipinski definition) is 0. The van der Waals surface area contributed by atoms with Crippen molar-refractivity contribution in [3.63, 3.8) is 0 Å². The van der Waals surface area contributed by atoms with Crippen LogP contribution in [0, 0.1) is 0 Å². The molecule has 0 bridgehead atoms. The molecule has 0 aliphatic heterocycles. The van der Waals surface area contributed by atoms with Crippen LogP contribution in [0.5, 0.6) is 0 Å². The van der Waals surface area contributed by atoms with E-state index in [1.165, 1.54) is 0 Å². The van der Waals surface area contributed by atoms with E-state index in [4.69, 9.17) is 0 Å². The number of aryl methyl sites for hydroxylation is 2. The first-order chi connectivity index (χ1) is 8.69. The first-order valence-corrected chi connectivity index (χ1v) is 6.12. The van der Waals surface area contributed by atoms with Crippen molar-refractivity contribution in [2.24, 2.45) is 7.05 Å². The van der Waals surface area contributed by atoms with E-state index in [0.717, 1.165) is 23.5 Å². The molecule has 0 N–H and O–H groups in total. The second-order valence-electron chi connectivity index (χ2n) is 4.32. The third kappa shape index (κ3) is 3.03. The number of Topliss-reactive ketones (excluding diaryl/α,β-unsaturated/α-hetero) is 1. The highest BCUT2D eigenvalue weighted by atomic mass is 16.1. The molecule has 18 heavy (non-hydrogen) atoms. The summed E-state index contributed by atoms with van der Waals surface area (Å²) in [7, 11) is 1.88. The SMILES string of the molecule is CCc1cc(CC(=O)Cc2ccccn2)n(C)n1. The standard InChI is InChI=1S/C14H17N3O/c1-3-11-8-13(17(2)16-11)10-14(18)9-12-6-4-5-7-15-12/h4-8H,3,9-10H2,1-2H3. The van der Waals surface area contributed by atoms with Gasteiger partial charge in [0.1, 0.15) is 5.78 Å². The van der Waals surface area contributed by atoms with Gasteiger partial charge in [-0.15, -0.1) is 0 Å². The molecule has 0 aliphatic rings. The molecule has 0 spiro atoms. The molecule has 0 amide bonds. The number of carbonyl (C=O) groups is 1. The Hall–Kier alpha value is -1.97. The summed E-state index contributed by atoms with van der Waals surface area (Å²) in [4.78, 5) is 16.1. The highest BCUT2D eigenvalue weighted by Gasteiger charge is 2.10. The number of aromatic nitrogens is 3. The topological polar surface area (TPSA) is 47.8 Å². The molecule has 0 aromatic carbocycles. The van der Waals surface area contributed by atoms with Crippen LogP contribution in [0.15, 0.2) is 30.5 Å². The fourth-order valence-electron chi connectivity index (χ4n) is 1.88. The Morgan fingerprint density at radius 1 is 1.28 bits per heavy atom. The maximum Gasteiger partial charge on any atom is 0.144 e. The Bertz CT molecular complexity index is 531. The fourth-order valence-corrected chi connectivity index (χ4v) is 1.88. The van der Waals surface area contributed by atoms with Crippen LogP contribution in [0.3, 0.4) is 0 Å². The van der Waals surface area contributed by atoms with Crippen molar-refractivity contribution in [1.29, 1.82) is 0 Å². The van der Waals surface area contributed by atoms with E-state index >= 15 is 0 Å². The molecule has 0 fully saturated rings. The summed E-state index contributed by atoms with van der Waals surface area (Å²) >= 11 is 0. The van der Waals surface area contributed by atoms with Gasteiger partial charge in [0.05, 0.1) is 5.69 Å². The first-order valence-electron chi connectivity index (χ1n) is 6.12. The zero-order chi connectivity index (χ0) is 13.0. The summed E-state index contributed by atoms with van der Waals surface area (Å²) in [6.07, 6.45) is 3.40. The minimum absolute atomic E-state index is 0.166. The zero-order valence-corrected chi connectivity index (χ0v) is 10.8. The van der Waals surface area contributed by atoms with Gasteiger partial charge in [-0.1, -0.05) is 13.0 Å². The van der Waals surface area contributed by atoms with Crippen LogP contribution in [0.25, 0.3) is 0 Å². The van der Waals surface area contributed by atoms with Gasteiger partial charge in [0.2, 0.25) is 0 Å². The minimum atomic E-state index is 0.166. The normalized spacial score (nSPS) is 10.6. The van der Waals surface area contributed by atoms with Crippen LogP contribution in [0.2, 0.25) is 0 Å². The molecule has 4 nitrogen and oxygen atoms in total. The minimum Gasteiger partial charge on any atom is -0.299 e. The van der Waals surface area contributed by atoms with Crippen molar-refractivity contribution in [2.45, 2.75) is 26.2 Å². The van der Waals surface area contributed by atoms with Gasteiger partial charge in [0, 0.05) is 37.5 Å². The molecule has 2 aromatic heterocycles. The number of rotatable bonds is 5. The highest BCUT2D eigenvalue weighted by molar-refractivity contribution is 5.82. The molecule has 2 aromatic rings. The van der Waals surface area contributed by atoms with Crippen LogP contribution in [0.4, 0.5) is 0 Å². The van der Waals surface area contributed by atoms with Crippen LogP contribution in [-0.2, 0) is 31.1 Å². The van der Waals surface area contributed by atoms with E-state index in [-0.39, 0.29) is 5.78 Å². The smallest absolute Gasteiger partial charge is 0.144 e. The average Bonchev–Trinajstić information content (AvgIpc) is 2.71. The predicted molar refractivity (Wildman–Crippen MR) is 69.2 cm³/mol. The number of pyridine rings is 1. The maximum atomic E-state index is 12.0. The van der Waals surface area contributed by atoms with Gasteiger partial charge in [-0.2, -0.15) is 5.10 Å². The van der Waals surface area contributed by atoms with Gasteiger partial charge in [-0.25, -0.2) is 0 Å². The molecule has 0 unspecified atom stereocenters. The van der Waals surface area contributed by atoms with Gasteiger partial charge in [0.25, 0.3) is 0 Å². The zero-order valence-electron chi connectivity index (χ0n) is 10.8. The second-order valence-corrected chi connectivity index (χ2v) is 4.32. The number of nitrogens with zero attached hydrogens (tertiary/aromatic N) is 3. The average molecular weight is 243 g/mol. The maximum absolute atomic E-state index is 12.0. The molecule has 2 rings (SSSR count). The van der Waals surface area contributed by atoms with E-state index in [0.29, 0.717) is 12.8 Å². The van der Waals surface area contributed by atoms with Gasteiger partial charge < -0.3 is 0 Å². The van der Waals surface area contributed by atoms with E-state index in [1.54, 1.807) is 10.9 Å². The quantitative estimate of drug-likeness (QED) is 0.803. The lowest BCUT2D eigenvalue weighted by molar-refractivity contribution is -0.117. The summed E-state index contributed by atoms with van der Waals surface area (Å²) in [6.45, 7) is 2.06. The van der Waals surface area contributed by atoms with Gasteiger partial charge >= 0.3 is 0 Å². The fraction of sp³-hybridized carbons (Fsp3) is 0.357. The Balaban J connectivity index is 2.01. The molecule has 0 saturated carbocycles.